The zero-order chi connectivity index (χ0) is 19.1. The maximum absolute atomic E-state index is 12.3. The predicted molar refractivity (Wildman–Crippen MR) is 102 cm³/mol. The Hall–Kier alpha value is -2.32. The molecule has 2 N–H and O–H groups in total. The van der Waals surface area contributed by atoms with E-state index in [1.807, 2.05) is 24.5 Å². The smallest absolute Gasteiger partial charge is 0.325 e. The number of imidazole rings is 1. The van der Waals surface area contributed by atoms with E-state index in [0.29, 0.717) is 18.8 Å². The Morgan fingerprint density at radius 2 is 1.96 bits per heavy atom. The van der Waals surface area contributed by atoms with Crippen LogP contribution in [-0.2, 0) is 16.1 Å². The summed E-state index contributed by atoms with van der Waals surface area (Å²) in [5.74, 6) is -0.375. The number of hydrogen-bond acceptors (Lipinski definition) is 5. The van der Waals surface area contributed by atoms with Crippen molar-refractivity contribution in [3.05, 3.63) is 41.7 Å². The number of anilines is 1. The number of carbonyl (C=O) groups is 2. The van der Waals surface area contributed by atoms with Gasteiger partial charge >= 0.3 is 6.03 Å². The van der Waals surface area contributed by atoms with E-state index >= 15 is 0 Å². The van der Waals surface area contributed by atoms with Crippen LogP contribution in [0.5, 0.6) is 0 Å². The molecule has 0 radical (unpaired) electrons. The van der Waals surface area contributed by atoms with Crippen LogP contribution in [0.2, 0.25) is 0 Å². The first-order chi connectivity index (χ1) is 12.4. The van der Waals surface area contributed by atoms with Gasteiger partial charge in [-0.2, -0.15) is 0 Å². The molecule has 26 heavy (non-hydrogen) atoms. The Bertz CT molecular complexity index is 761. The zero-order valence-corrected chi connectivity index (χ0v) is 16.2. The molecule has 0 saturated carbocycles. The van der Waals surface area contributed by atoms with E-state index in [-0.39, 0.29) is 5.91 Å². The van der Waals surface area contributed by atoms with E-state index in [4.69, 9.17) is 4.74 Å². The summed E-state index contributed by atoms with van der Waals surface area (Å²) in [6, 6.07) is 8.41. The number of carbonyl (C=O) groups excluding carboxylic acids is 2. The lowest BCUT2D eigenvalue weighted by molar-refractivity contribution is -0.119. The molecule has 0 bridgehead atoms. The van der Waals surface area contributed by atoms with Gasteiger partial charge in [0.05, 0.1) is 17.6 Å². The molecule has 1 atom stereocenters. The first-order valence-corrected chi connectivity index (χ1v) is 9.16. The number of nitrogens with one attached hydrogen (secondary N) is 2. The third-order valence-corrected chi connectivity index (χ3v) is 4.95. The van der Waals surface area contributed by atoms with E-state index < -0.39 is 11.3 Å². The second kappa shape index (κ2) is 9.40. The largest absolute Gasteiger partial charge is 0.383 e. The minimum absolute atomic E-state index is 0.375. The summed E-state index contributed by atoms with van der Waals surface area (Å²) >= 11 is 1.32. The van der Waals surface area contributed by atoms with Crippen LogP contribution in [0.4, 0.5) is 10.5 Å². The van der Waals surface area contributed by atoms with Crippen LogP contribution < -0.4 is 10.6 Å². The first-order valence-electron chi connectivity index (χ1n) is 8.28. The highest BCUT2D eigenvalue weighted by atomic mass is 32.2. The standard InChI is InChI=1S/C18H24N4O3S/c1-12-13(2)22(10-11-25-4)18(19-12)26-14(3)16(23)21-17(24)20-15-8-6-5-7-9-15/h5-9,14H,10-11H2,1-4H3,(H2,20,21,23,24). The van der Waals surface area contributed by atoms with Crippen molar-refractivity contribution >= 4 is 29.4 Å². The highest BCUT2D eigenvalue weighted by Gasteiger charge is 2.21. The Balaban J connectivity index is 1.96. The zero-order valence-electron chi connectivity index (χ0n) is 15.4. The van der Waals surface area contributed by atoms with E-state index in [1.54, 1.807) is 38.3 Å². The topological polar surface area (TPSA) is 85.2 Å². The van der Waals surface area contributed by atoms with Crippen LogP contribution in [-0.4, -0.2) is 40.5 Å². The van der Waals surface area contributed by atoms with Crippen molar-refractivity contribution in [3.63, 3.8) is 0 Å². The Kier molecular flexibility index (Phi) is 7.23. The highest BCUT2D eigenvalue weighted by molar-refractivity contribution is 8.00. The molecule has 0 aliphatic carbocycles. The lowest BCUT2D eigenvalue weighted by Gasteiger charge is -2.13. The third-order valence-electron chi connectivity index (χ3n) is 3.86. The summed E-state index contributed by atoms with van der Waals surface area (Å²) in [7, 11) is 1.65. The van der Waals surface area contributed by atoms with Gasteiger partial charge in [-0.3, -0.25) is 10.1 Å². The number of urea groups is 1. The number of thioether (sulfide) groups is 1. The normalized spacial score (nSPS) is 11.8. The van der Waals surface area contributed by atoms with Gasteiger partial charge in [0, 0.05) is 25.0 Å². The number of aromatic nitrogens is 2. The van der Waals surface area contributed by atoms with Crippen LogP contribution >= 0.6 is 11.8 Å². The number of aryl methyl sites for hydroxylation is 1. The summed E-state index contributed by atoms with van der Waals surface area (Å²) in [5, 5.41) is 5.25. The molecule has 0 spiro atoms. The molecule has 1 unspecified atom stereocenters. The number of methoxy groups -OCH3 is 1. The van der Waals surface area contributed by atoms with Crippen molar-refractivity contribution in [1.29, 1.82) is 0 Å². The number of ether oxygens (including phenoxy) is 1. The summed E-state index contributed by atoms with van der Waals surface area (Å²) in [6.45, 7) is 6.88. The average molecular weight is 376 g/mol. The van der Waals surface area contributed by atoms with Crippen molar-refractivity contribution in [2.75, 3.05) is 19.0 Å². The molecule has 140 valence electrons. The van der Waals surface area contributed by atoms with E-state index in [0.717, 1.165) is 16.5 Å². The number of nitrogens with zero attached hydrogens (tertiary/aromatic N) is 2. The van der Waals surface area contributed by atoms with Crippen LogP contribution in [0.1, 0.15) is 18.3 Å². The van der Waals surface area contributed by atoms with Crippen molar-refractivity contribution in [2.45, 2.75) is 37.7 Å². The molecule has 0 aliphatic rings. The second-order valence-corrected chi connectivity index (χ2v) is 7.09. The lowest BCUT2D eigenvalue weighted by Crippen LogP contribution is -2.39. The van der Waals surface area contributed by atoms with Gasteiger partial charge in [-0.15, -0.1) is 0 Å². The van der Waals surface area contributed by atoms with E-state index in [9.17, 15) is 9.59 Å². The lowest BCUT2D eigenvalue weighted by atomic mass is 10.3. The Labute approximate surface area is 157 Å². The summed E-state index contributed by atoms with van der Waals surface area (Å²) in [6.07, 6.45) is 0. The number of rotatable bonds is 7. The van der Waals surface area contributed by atoms with Crippen molar-refractivity contribution in [2.24, 2.45) is 0 Å². The number of imide groups is 1. The molecule has 2 rings (SSSR count). The van der Waals surface area contributed by atoms with Crippen LogP contribution in [0.15, 0.2) is 35.5 Å². The molecule has 0 aliphatic heterocycles. The predicted octanol–water partition coefficient (Wildman–Crippen LogP) is 2.98. The average Bonchev–Trinajstić information content (AvgIpc) is 2.87. The van der Waals surface area contributed by atoms with Gasteiger partial charge in [-0.25, -0.2) is 9.78 Å². The molecule has 1 heterocycles. The minimum Gasteiger partial charge on any atom is -0.383 e. The highest BCUT2D eigenvalue weighted by Crippen LogP contribution is 2.25. The summed E-state index contributed by atoms with van der Waals surface area (Å²) in [5.41, 5.74) is 2.58. The molecule has 7 nitrogen and oxygen atoms in total. The maximum atomic E-state index is 12.3. The van der Waals surface area contributed by atoms with Crippen LogP contribution in [0.25, 0.3) is 0 Å². The van der Waals surface area contributed by atoms with Gasteiger partial charge in [-0.05, 0) is 32.9 Å². The van der Waals surface area contributed by atoms with Crippen molar-refractivity contribution < 1.29 is 14.3 Å². The first kappa shape index (κ1) is 20.0. The number of hydrogen-bond donors (Lipinski definition) is 2. The van der Waals surface area contributed by atoms with Gasteiger partial charge in [-0.1, -0.05) is 30.0 Å². The quantitative estimate of drug-likeness (QED) is 0.726. The Morgan fingerprint density at radius 3 is 2.62 bits per heavy atom. The van der Waals surface area contributed by atoms with Crippen molar-refractivity contribution in [1.82, 2.24) is 14.9 Å². The number of benzene rings is 1. The van der Waals surface area contributed by atoms with Gasteiger partial charge < -0.3 is 14.6 Å². The van der Waals surface area contributed by atoms with E-state index in [1.165, 1.54) is 11.8 Å². The molecule has 8 heteroatoms. The van der Waals surface area contributed by atoms with Gasteiger partial charge in [0.25, 0.3) is 0 Å². The molecule has 2 aromatic rings. The second-order valence-electron chi connectivity index (χ2n) is 5.78. The Morgan fingerprint density at radius 1 is 1.27 bits per heavy atom. The molecular weight excluding hydrogens is 352 g/mol. The number of amides is 3. The summed E-state index contributed by atoms with van der Waals surface area (Å²) in [4.78, 5) is 28.8. The molecule has 3 amide bonds. The fourth-order valence-electron chi connectivity index (χ4n) is 2.27. The fraction of sp³-hybridized carbons (Fsp3) is 0.389. The molecule has 1 aromatic heterocycles. The molecule has 1 aromatic carbocycles. The monoisotopic (exact) mass is 376 g/mol. The molecule has 0 saturated heterocycles. The van der Waals surface area contributed by atoms with Gasteiger partial charge in [0.2, 0.25) is 5.91 Å². The maximum Gasteiger partial charge on any atom is 0.325 e. The molecular formula is C18H24N4O3S. The van der Waals surface area contributed by atoms with Crippen LogP contribution in [0.3, 0.4) is 0 Å². The third kappa shape index (κ3) is 5.34. The summed E-state index contributed by atoms with van der Waals surface area (Å²) < 4.78 is 7.16. The van der Waals surface area contributed by atoms with Crippen molar-refractivity contribution in [3.8, 4) is 0 Å². The number of para-hydroxylation sites is 1. The van der Waals surface area contributed by atoms with Gasteiger partial charge in [0.15, 0.2) is 5.16 Å². The van der Waals surface area contributed by atoms with Crippen LogP contribution in [0, 0.1) is 13.8 Å². The minimum atomic E-state index is -0.552. The van der Waals surface area contributed by atoms with Gasteiger partial charge in [0.1, 0.15) is 0 Å². The molecule has 0 fully saturated rings. The SMILES string of the molecule is COCCn1c(SC(C)C(=O)NC(=O)Nc2ccccc2)nc(C)c1C. The van der Waals surface area contributed by atoms with E-state index in [2.05, 4.69) is 15.6 Å². The fourth-order valence-corrected chi connectivity index (χ4v) is 3.30.